The number of anilines is 1. The van der Waals surface area contributed by atoms with Crippen LogP contribution in [0.5, 0.6) is 11.5 Å². The molecule has 0 aliphatic rings. The van der Waals surface area contributed by atoms with Gasteiger partial charge >= 0.3 is 12.1 Å². The first-order valence-corrected chi connectivity index (χ1v) is 8.26. The quantitative estimate of drug-likeness (QED) is 0.554. The summed E-state index contributed by atoms with van der Waals surface area (Å²) in [6.45, 7) is -0.578. The fourth-order valence-electron chi connectivity index (χ4n) is 2.24. The topological polar surface area (TPSA) is 73.9 Å². The van der Waals surface area contributed by atoms with E-state index in [9.17, 15) is 22.8 Å². The highest BCUT2D eigenvalue weighted by molar-refractivity contribution is 5.95. The van der Waals surface area contributed by atoms with Gasteiger partial charge in [0.05, 0.1) is 19.8 Å². The van der Waals surface area contributed by atoms with Gasteiger partial charge in [0.2, 0.25) is 0 Å². The Morgan fingerprint density at radius 1 is 1.03 bits per heavy atom. The van der Waals surface area contributed by atoms with E-state index in [2.05, 4.69) is 5.32 Å². The largest absolute Gasteiger partial charge is 0.497 e. The van der Waals surface area contributed by atoms with Gasteiger partial charge < -0.3 is 19.5 Å². The number of alkyl halides is 3. The highest BCUT2D eigenvalue weighted by Gasteiger charge is 2.30. The van der Waals surface area contributed by atoms with Gasteiger partial charge in [0.15, 0.2) is 6.61 Å². The number of hydrogen-bond acceptors (Lipinski definition) is 5. The Kier molecular flexibility index (Phi) is 7.24. The van der Waals surface area contributed by atoms with Crippen LogP contribution in [0.4, 0.5) is 18.9 Å². The summed E-state index contributed by atoms with van der Waals surface area (Å²) < 4.78 is 53.0. The third-order valence-corrected chi connectivity index (χ3v) is 3.61. The summed E-state index contributed by atoms with van der Waals surface area (Å²) in [5.74, 6) is -0.566. The highest BCUT2D eigenvalue weighted by atomic mass is 19.4. The maximum absolute atomic E-state index is 12.7. The molecule has 154 valence electrons. The molecule has 0 radical (unpaired) electrons. The van der Waals surface area contributed by atoms with E-state index >= 15 is 0 Å². The van der Waals surface area contributed by atoms with E-state index in [1.165, 1.54) is 32.4 Å². The molecule has 0 heterocycles. The van der Waals surface area contributed by atoms with Crippen LogP contribution in [0.2, 0.25) is 0 Å². The minimum absolute atomic E-state index is 0.171. The number of hydrogen-bond donors (Lipinski definition) is 1. The second-order valence-corrected chi connectivity index (χ2v) is 5.71. The van der Waals surface area contributed by atoms with Gasteiger partial charge in [0.1, 0.15) is 11.5 Å². The lowest BCUT2D eigenvalue weighted by Gasteiger charge is -2.10. The maximum Gasteiger partial charge on any atom is 0.416 e. The lowest BCUT2D eigenvalue weighted by Crippen LogP contribution is -2.20. The zero-order valence-electron chi connectivity index (χ0n) is 15.6. The lowest BCUT2D eigenvalue weighted by molar-refractivity contribution is -0.142. The summed E-state index contributed by atoms with van der Waals surface area (Å²) in [5, 5.41) is 2.52. The molecule has 0 saturated heterocycles. The number of carbonyl (C=O) groups is 2. The van der Waals surface area contributed by atoms with Crippen molar-refractivity contribution < 1.29 is 37.0 Å². The molecule has 0 unspecified atom stereocenters. The summed E-state index contributed by atoms with van der Waals surface area (Å²) in [6, 6.07) is 9.17. The summed E-state index contributed by atoms with van der Waals surface area (Å²) >= 11 is 0. The third kappa shape index (κ3) is 6.87. The number of ether oxygens (including phenoxy) is 3. The third-order valence-electron chi connectivity index (χ3n) is 3.61. The van der Waals surface area contributed by atoms with Crippen molar-refractivity contribution in [3.05, 3.63) is 59.7 Å². The van der Waals surface area contributed by atoms with Crippen LogP contribution < -0.4 is 14.8 Å². The fourth-order valence-corrected chi connectivity index (χ4v) is 2.24. The van der Waals surface area contributed by atoms with Crippen molar-refractivity contribution in [2.24, 2.45) is 0 Å². The number of methoxy groups -OCH3 is 2. The summed E-state index contributed by atoms with van der Waals surface area (Å²) in [4.78, 5) is 23.6. The van der Waals surface area contributed by atoms with Crippen LogP contribution in [0, 0.1) is 0 Å². The molecule has 2 aromatic rings. The smallest absolute Gasteiger partial charge is 0.416 e. The molecule has 0 aromatic heterocycles. The van der Waals surface area contributed by atoms with Crippen LogP contribution in [0.3, 0.4) is 0 Å². The Morgan fingerprint density at radius 3 is 2.28 bits per heavy atom. The van der Waals surface area contributed by atoms with Gasteiger partial charge in [-0.25, -0.2) is 4.79 Å². The van der Waals surface area contributed by atoms with Crippen LogP contribution in [0.15, 0.2) is 48.5 Å². The Labute approximate surface area is 164 Å². The minimum Gasteiger partial charge on any atom is -0.497 e. The Bertz CT molecular complexity index is 887. The van der Waals surface area contributed by atoms with Crippen LogP contribution in [0.25, 0.3) is 6.08 Å². The first kappa shape index (κ1) is 21.8. The number of rotatable bonds is 7. The standard InChI is InChI=1S/C20H18F3NO5/c1-27-16-9-15(10-17(11-16)28-2)24-18(25)12-29-19(26)7-6-13-4-3-5-14(8-13)20(21,22)23/h3-11H,12H2,1-2H3,(H,24,25)/b7-6+. The molecule has 1 amide bonds. The molecule has 0 spiro atoms. The van der Waals surface area contributed by atoms with Gasteiger partial charge in [-0.3, -0.25) is 4.79 Å². The summed E-state index contributed by atoms with van der Waals surface area (Å²) in [6.07, 6.45) is -2.37. The Morgan fingerprint density at radius 2 is 1.69 bits per heavy atom. The van der Waals surface area contributed by atoms with Crippen LogP contribution in [-0.2, 0) is 20.5 Å². The van der Waals surface area contributed by atoms with E-state index in [4.69, 9.17) is 14.2 Å². The second kappa shape index (κ2) is 9.63. The first-order chi connectivity index (χ1) is 13.7. The summed E-state index contributed by atoms with van der Waals surface area (Å²) in [5.41, 5.74) is -0.285. The second-order valence-electron chi connectivity index (χ2n) is 5.71. The highest BCUT2D eigenvalue weighted by Crippen LogP contribution is 2.29. The minimum atomic E-state index is -4.48. The van der Waals surface area contributed by atoms with Crippen LogP contribution >= 0.6 is 0 Å². The predicted octanol–water partition coefficient (Wildman–Crippen LogP) is 3.92. The molecular formula is C20H18F3NO5. The molecule has 0 fully saturated rings. The van der Waals surface area contributed by atoms with Crippen LogP contribution in [0.1, 0.15) is 11.1 Å². The van der Waals surface area contributed by atoms with Crippen molar-refractivity contribution in [3.63, 3.8) is 0 Å². The van der Waals surface area contributed by atoms with E-state index in [0.29, 0.717) is 17.2 Å². The van der Waals surface area contributed by atoms with Crippen molar-refractivity contribution >= 4 is 23.6 Å². The van der Waals surface area contributed by atoms with Crippen molar-refractivity contribution in [2.75, 3.05) is 26.1 Å². The SMILES string of the molecule is COc1cc(NC(=O)COC(=O)/C=C/c2cccc(C(F)(F)F)c2)cc(OC)c1. The normalized spacial score (nSPS) is 11.2. The number of carbonyl (C=O) groups excluding carboxylic acids is 2. The molecule has 9 heteroatoms. The van der Waals surface area contributed by atoms with Gasteiger partial charge in [-0.05, 0) is 23.8 Å². The van der Waals surface area contributed by atoms with Crippen molar-refractivity contribution in [1.82, 2.24) is 0 Å². The van der Waals surface area contributed by atoms with Crippen LogP contribution in [-0.4, -0.2) is 32.7 Å². The first-order valence-electron chi connectivity index (χ1n) is 8.26. The number of benzene rings is 2. The molecule has 1 N–H and O–H groups in total. The molecule has 6 nitrogen and oxygen atoms in total. The number of halogens is 3. The van der Waals surface area contributed by atoms with Crippen molar-refractivity contribution in [2.45, 2.75) is 6.18 Å². The molecule has 0 aliphatic carbocycles. The molecule has 2 rings (SSSR count). The molecule has 29 heavy (non-hydrogen) atoms. The monoisotopic (exact) mass is 409 g/mol. The molecular weight excluding hydrogens is 391 g/mol. The molecule has 0 saturated carbocycles. The molecule has 0 bridgehead atoms. The lowest BCUT2D eigenvalue weighted by atomic mass is 10.1. The number of nitrogens with one attached hydrogen (secondary N) is 1. The average molecular weight is 409 g/mol. The van der Waals surface area contributed by atoms with Gasteiger partial charge in [0.25, 0.3) is 5.91 Å². The number of esters is 1. The van der Waals surface area contributed by atoms with Crippen molar-refractivity contribution in [3.8, 4) is 11.5 Å². The van der Waals surface area contributed by atoms with E-state index in [-0.39, 0.29) is 5.56 Å². The number of amides is 1. The van der Waals surface area contributed by atoms with Gasteiger partial charge in [0, 0.05) is 30.0 Å². The van der Waals surface area contributed by atoms with Gasteiger partial charge in [-0.2, -0.15) is 13.2 Å². The Hall–Kier alpha value is -3.49. The zero-order chi connectivity index (χ0) is 21.4. The van der Waals surface area contributed by atoms with E-state index < -0.39 is 30.2 Å². The van der Waals surface area contributed by atoms with E-state index in [1.807, 2.05) is 0 Å². The molecule has 2 aromatic carbocycles. The zero-order valence-corrected chi connectivity index (χ0v) is 15.6. The van der Waals surface area contributed by atoms with Crippen molar-refractivity contribution in [1.29, 1.82) is 0 Å². The van der Waals surface area contributed by atoms with Gasteiger partial charge in [-0.1, -0.05) is 12.1 Å². The average Bonchev–Trinajstić information content (AvgIpc) is 2.70. The molecule has 0 aliphatic heterocycles. The fraction of sp³-hybridized carbons (Fsp3) is 0.200. The Balaban J connectivity index is 1.91. The molecule has 0 atom stereocenters. The van der Waals surface area contributed by atoms with E-state index in [0.717, 1.165) is 18.2 Å². The van der Waals surface area contributed by atoms with E-state index in [1.54, 1.807) is 18.2 Å². The maximum atomic E-state index is 12.7. The summed E-state index contributed by atoms with van der Waals surface area (Å²) in [7, 11) is 2.91. The van der Waals surface area contributed by atoms with Gasteiger partial charge in [-0.15, -0.1) is 0 Å². The predicted molar refractivity (Wildman–Crippen MR) is 99.6 cm³/mol.